The topological polar surface area (TPSA) is 84.3 Å². The zero-order chi connectivity index (χ0) is 12.5. The van der Waals surface area contributed by atoms with Gasteiger partial charge in [0.1, 0.15) is 5.82 Å². The summed E-state index contributed by atoms with van der Waals surface area (Å²) in [4.78, 5) is 18.8. The van der Waals surface area contributed by atoms with Crippen LogP contribution in [0.5, 0.6) is 0 Å². The largest absolute Gasteiger partial charge is 0.381 e. The van der Waals surface area contributed by atoms with E-state index in [0.717, 1.165) is 31.9 Å². The van der Waals surface area contributed by atoms with Gasteiger partial charge in [0.05, 0.1) is 6.20 Å². The Bertz CT molecular complexity index is 611. The Balaban J connectivity index is 2.12. The highest BCUT2D eigenvalue weighted by atomic mass is 16.5. The first-order chi connectivity index (χ1) is 8.79. The normalized spacial score (nSPS) is 17.2. The number of rotatable bonds is 2. The molecule has 3 rings (SSSR count). The third kappa shape index (κ3) is 1.76. The van der Waals surface area contributed by atoms with Crippen molar-refractivity contribution in [1.29, 1.82) is 0 Å². The molecule has 0 aliphatic carbocycles. The van der Waals surface area contributed by atoms with Crippen molar-refractivity contribution in [2.45, 2.75) is 18.8 Å². The first-order valence-electron chi connectivity index (χ1n) is 6.03. The fourth-order valence-corrected chi connectivity index (χ4v) is 2.26. The molecular weight excluding hydrogens is 234 g/mol. The first kappa shape index (κ1) is 11.2. The molecule has 0 spiro atoms. The number of aromatic nitrogens is 4. The van der Waals surface area contributed by atoms with E-state index in [1.54, 1.807) is 17.8 Å². The molecule has 0 atom stereocenters. The third-order valence-electron chi connectivity index (χ3n) is 3.25. The van der Waals surface area contributed by atoms with Gasteiger partial charge in [-0.3, -0.25) is 9.78 Å². The van der Waals surface area contributed by atoms with Crippen molar-refractivity contribution in [2.24, 2.45) is 0 Å². The van der Waals surface area contributed by atoms with Gasteiger partial charge in [-0.2, -0.15) is 0 Å². The number of fused-ring (bicyclic) bond motifs is 1. The summed E-state index contributed by atoms with van der Waals surface area (Å²) in [6, 6.07) is 0. The van der Waals surface area contributed by atoms with E-state index in [4.69, 9.17) is 4.74 Å². The molecule has 18 heavy (non-hydrogen) atoms. The summed E-state index contributed by atoms with van der Waals surface area (Å²) in [7, 11) is 1.72. The van der Waals surface area contributed by atoms with Gasteiger partial charge in [0.25, 0.3) is 5.56 Å². The van der Waals surface area contributed by atoms with Crippen LogP contribution in [0.2, 0.25) is 0 Å². The van der Waals surface area contributed by atoms with Crippen LogP contribution in [0.25, 0.3) is 5.52 Å². The third-order valence-corrected chi connectivity index (χ3v) is 3.25. The number of nitrogens with one attached hydrogen (secondary N) is 2. The average molecular weight is 249 g/mol. The van der Waals surface area contributed by atoms with E-state index in [1.165, 1.54) is 0 Å². The molecule has 0 saturated carbocycles. The molecule has 7 heteroatoms. The first-order valence-corrected chi connectivity index (χ1v) is 6.03. The fraction of sp³-hybridized carbons (Fsp3) is 0.545. The minimum Gasteiger partial charge on any atom is -0.381 e. The van der Waals surface area contributed by atoms with E-state index in [-0.39, 0.29) is 5.56 Å². The lowest BCUT2D eigenvalue weighted by atomic mass is 10.00. The van der Waals surface area contributed by atoms with Crippen molar-refractivity contribution >= 4 is 11.5 Å². The van der Waals surface area contributed by atoms with Crippen LogP contribution in [0.1, 0.15) is 24.6 Å². The van der Waals surface area contributed by atoms with Crippen molar-refractivity contribution in [3.63, 3.8) is 0 Å². The maximum atomic E-state index is 11.8. The van der Waals surface area contributed by atoms with Crippen LogP contribution < -0.4 is 10.9 Å². The van der Waals surface area contributed by atoms with E-state index >= 15 is 0 Å². The van der Waals surface area contributed by atoms with Crippen LogP contribution in [0.3, 0.4) is 0 Å². The lowest BCUT2D eigenvalue weighted by molar-refractivity contribution is 0.0832. The molecule has 0 radical (unpaired) electrons. The van der Waals surface area contributed by atoms with Crippen molar-refractivity contribution in [1.82, 2.24) is 19.6 Å². The van der Waals surface area contributed by atoms with Gasteiger partial charge in [-0.25, -0.2) is 9.50 Å². The van der Waals surface area contributed by atoms with Gasteiger partial charge in [0.15, 0.2) is 5.52 Å². The van der Waals surface area contributed by atoms with Gasteiger partial charge in [0, 0.05) is 26.2 Å². The highest BCUT2D eigenvalue weighted by Crippen LogP contribution is 2.25. The average Bonchev–Trinajstić information content (AvgIpc) is 2.84. The Morgan fingerprint density at radius 3 is 3.00 bits per heavy atom. The number of imidazole rings is 1. The van der Waals surface area contributed by atoms with Crippen LogP contribution in [0, 0.1) is 0 Å². The van der Waals surface area contributed by atoms with Crippen molar-refractivity contribution in [3.05, 3.63) is 22.4 Å². The monoisotopic (exact) mass is 249 g/mol. The second-order valence-corrected chi connectivity index (χ2v) is 4.35. The minimum absolute atomic E-state index is 0.180. The molecule has 2 aromatic heterocycles. The number of aromatic amines is 1. The summed E-state index contributed by atoms with van der Waals surface area (Å²) in [5, 5.41) is 7.18. The molecule has 0 aromatic carbocycles. The number of anilines is 1. The summed E-state index contributed by atoms with van der Waals surface area (Å²) in [5.41, 5.74) is 0.302. The zero-order valence-electron chi connectivity index (χ0n) is 10.1. The van der Waals surface area contributed by atoms with E-state index in [0.29, 0.717) is 17.4 Å². The molecule has 1 aliphatic heterocycles. The quantitative estimate of drug-likeness (QED) is 0.802. The number of nitrogens with zero attached hydrogens (tertiary/aromatic N) is 3. The lowest BCUT2D eigenvalue weighted by Gasteiger charge is -2.20. The number of H-pyrrole nitrogens is 1. The molecule has 2 N–H and O–H groups in total. The summed E-state index contributed by atoms with van der Waals surface area (Å²) >= 11 is 0. The molecule has 3 heterocycles. The predicted octanol–water partition coefficient (Wildman–Crippen LogP) is 0.353. The van der Waals surface area contributed by atoms with Crippen LogP contribution >= 0.6 is 0 Å². The number of hydrogen-bond acceptors (Lipinski definition) is 5. The Morgan fingerprint density at radius 2 is 2.28 bits per heavy atom. The van der Waals surface area contributed by atoms with E-state index in [1.807, 2.05) is 0 Å². The van der Waals surface area contributed by atoms with Crippen molar-refractivity contribution in [2.75, 3.05) is 25.6 Å². The molecule has 1 aliphatic rings. The van der Waals surface area contributed by atoms with Crippen LogP contribution in [-0.4, -0.2) is 39.8 Å². The van der Waals surface area contributed by atoms with Gasteiger partial charge in [0.2, 0.25) is 5.95 Å². The second-order valence-electron chi connectivity index (χ2n) is 4.35. The van der Waals surface area contributed by atoms with Gasteiger partial charge in [-0.15, -0.1) is 5.10 Å². The summed E-state index contributed by atoms with van der Waals surface area (Å²) in [6.07, 6.45) is 3.42. The SMILES string of the molecule is CNc1nn2c(C3CCOCC3)ncc2c(=O)[nH]1. The lowest BCUT2D eigenvalue weighted by Crippen LogP contribution is -2.20. The Morgan fingerprint density at radius 1 is 1.50 bits per heavy atom. The smallest absolute Gasteiger partial charge is 0.278 e. The molecule has 0 amide bonds. The standard InChI is InChI=1S/C11H15N5O2/c1-12-11-14-10(17)8-6-13-9(16(8)15-11)7-2-4-18-5-3-7/h6-7H,2-5H2,1H3,(H2,12,14,15,17). The van der Waals surface area contributed by atoms with Crippen molar-refractivity contribution in [3.8, 4) is 0 Å². The van der Waals surface area contributed by atoms with Gasteiger partial charge < -0.3 is 10.1 Å². The van der Waals surface area contributed by atoms with Crippen molar-refractivity contribution < 1.29 is 4.74 Å². The molecule has 7 nitrogen and oxygen atoms in total. The van der Waals surface area contributed by atoms with Gasteiger partial charge in [-0.05, 0) is 12.8 Å². The van der Waals surface area contributed by atoms with Crippen LogP contribution in [-0.2, 0) is 4.74 Å². The second kappa shape index (κ2) is 4.41. The summed E-state index contributed by atoms with van der Waals surface area (Å²) in [5.74, 6) is 1.59. The predicted molar refractivity (Wildman–Crippen MR) is 65.9 cm³/mol. The Kier molecular flexibility index (Phi) is 2.75. The highest BCUT2D eigenvalue weighted by molar-refractivity contribution is 5.44. The van der Waals surface area contributed by atoms with E-state index < -0.39 is 0 Å². The number of ether oxygens (including phenoxy) is 1. The van der Waals surface area contributed by atoms with Gasteiger partial charge in [-0.1, -0.05) is 0 Å². The van der Waals surface area contributed by atoms with Crippen LogP contribution in [0.4, 0.5) is 5.95 Å². The molecule has 1 fully saturated rings. The molecule has 0 unspecified atom stereocenters. The number of hydrogen-bond donors (Lipinski definition) is 2. The molecular formula is C11H15N5O2. The molecule has 1 saturated heterocycles. The molecule has 2 aromatic rings. The molecule has 0 bridgehead atoms. The maximum absolute atomic E-state index is 11.8. The van der Waals surface area contributed by atoms with Gasteiger partial charge >= 0.3 is 0 Å². The minimum atomic E-state index is -0.180. The Hall–Kier alpha value is -1.89. The zero-order valence-corrected chi connectivity index (χ0v) is 10.1. The maximum Gasteiger partial charge on any atom is 0.278 e. The van der Waals surface area contributed by atoms with Crippen LogP contribution in [0.15, 0.2) is 11.0 Å². The van der Waals surface area contributed by atoms with E-state index in [9.17, 15) is 4.79 Å². The molecule has 96 valence electrons. The summed E-state index contributed by atoms with van der Waals surface area (Å²) in [6.45, 7) is 1.48. The van der Waals surface area contributed by atoms with E-state index in [2.05, 4.69) is 20.4 Å². The highest BCUT2D eigenvalue weighted by Gasteiger charge is 2.21. The Labute approximate surface area is 103 Å². The fourth-order valence-electron chi connectivity index (χ4n) is 2.26. The summed E-state index contributed by atoms with van der Waals surface area (Å²) < 4.78 is 6.98.